The van der Waals surface area contributed by atoms with Gasteiger partial charge in [0.05, 0.1) is 11.4 Å². The normalized spacial score (nSPS) is 11.4. The number of fused-ring (bicyclic) bond motifs is 3. The van der Waals surface area contributed by atoms with Gasteiger partial charge in [-0.2, -0.15) is 9.59 Å². The maximum Gasteiger partial charge on any atom is 0.227 e. The van der Waals surface area contributed by atoms with Gasteiger partial charge in [0.15, 0.2) is 5.58 Å². The highest BCUT2D eigenvalue weighted by Crippen LogP contribution is 2.39. The van der Waals surface area contributed by atoms with E-state index in [-0.39, 0.29) is 0 Å². The second-order valence-electron chi connectivity index (χ2n) is 14.0. The zero-order chi connectivity index (χ0) is 39.1. The third-order valence-corrected chi connectivity index (χ3v) is 10.3. The van der Waals surface area contributed by atoms with Crippen molar-refractivity contribution in [3.63, 3.8) is 0 Å². The molecule has 0 aliphatic rings. The summed E-state index contributed by atoms with van der Waals surface area (Å²) >= 11 is 0. The van der Waals surface area contributed by atoms with Gasteiger partial charge < -0.3 is 14.2 Å². The number of anilines is 6. The van der Waals surface area contributed by atoms with Gasteiger partial charge in [-0.1, -0.05) is 60.7 Å². The predicted octanol–water partition coefficient (Wildman–Crippen LogP) is 11.9. The molecular weight excluding hydrogens is 731 g/mol. The summed E-state index contributed by atoms with van der Waals surface area (Å²) in [7, 11) is 0. The largest absolute Gasteiger partial charge is 0.436 e. The standard InChI is InChI=1S/C49H33N9O/c1-3-11-35(12-4-1)55(38-23-27-40(28-24-38)57-51-43-15-7-8-16-44(43)52-57)37-21-19-34(20-22-37)49-50-47-32-31-42(33-48(47)59-49)56(36-13-5-2-6-14-36)39-25-29-41(30-26-39)58-53-45-17-9-10-18-46(45)54-58/h1-33H. The van der Waals surface area contributed by atoms with E-state index < -0.39 is 0 Å². The lowest BCUT2D eigenvalue weighted by atomic mass is 10.1. The van der Waals surface area contributed by atoms with Crippen molar-refractivity contribution < 1.29 is 4.42 Å². The molecule has 0 amide bonds. The van der Waals surface area contributed by atoms with Crippen LogP contribution in [0.2, 0.25) is 0 Å². The van der Waals surface area contributed by atoms with Gasteiger partial charge >= 0.3 is 0 Å². The third kappa shape index (κ3) is 6.40. The zero-order valence-electron chi connectivity index (χ0n) is 31.5. The van der Waals surface area contributed by atoms with Gasteiger partial charge in [-0.25, -0.2) is 4.98 Å². The van der Waals surface area contributed by atoms with Crippen LogP contribution < -0.4 is 9.80 Å². The first-order valence-corrected chi connectivity index (χ1v) is 19.3. The minimum absolute atomic E-state index is 0.549. The first-order valence-electron chi connectivity index (χ1n) is 19.3. The fourth-order valence-corrected chi connectivity index (χ4v) is 7.40. The van der Waals surface area contributed by atoms with Crippen LogP contribution in [-0.2, 0) is 0 Å². The van der Waals surface area contributed by atoms with E-state index in [4.69, 9.17) is 9.40 Å². The molecule has 10 nitrogen and oxygen atoms in total. The number of hydrogen-bond donors (Lipinski definition) is 0. The smallest absolute Gasteiger partial charge is 0.227 e. The van der Waals surface area contributed by atoms with Gasteiger partial charge in [0, 0.05) is 45.8 Å². The van der Waals surface area contributed by atoms with E-state index in [2.05, 4.69) is 109 Å². The monoisotopic (exact) mass is 763 g/mol. The van der Waals surface area contributed by atoms with Crippen molar-refractivity contribution in [2.75, 3.05) is 9.80 Å². The lowest BCUT2D eigenvalue weighted by Crippen LogP contribution is -2.10. The first-order chi connectivity index (χ1) is 29.2. The second kappa shape index (κ2) is 14.3. The fraction of sp³-hybridized carbons (Fsp3) is 0. The van der Waals surface area contributed by atoms with Crippen molar-refractivity contribution >= 4 is 67.3 Å². The van der Waals surface area contributed by atoms with Gasteiger partial charge in [-0.15, -0.1) is 20.4 Å². The number of oxazole rings is 1. The molecule has 0 aliphatic heterocycles. The highest BCUT2D eigenvalue weighted by molar-refractivity contribution is 5.86. The third-order valence-electron chi connectivity index (χ3n) is 10.3. The molecule has 3 aromatic heterocycles. The molecule has 0 bridgehead atoms. The Balaban J connectivity index is 0.892. The Morgan fingerprint density at radius 3 is 1.17 bits per heavy atom. The number of nitrogens with zero attached hydrogens (tertiary/aromatic N) is 9. The van der Waals surface area contributed by atoms with E-state index in [1.165, 1.54) is 0 Å². The number of rotatable bonds is 9. The summed E-state index contributed by atoms with van der Waals surface area (Å²) in [4.78, 5) is 12.7. The van der Waals surface area contributed by atoms with Crippen molar-refractivity contribution in [3.8, 4) is 22.8 Å². The minimum Gasteiger partial charge on any atom is -0.436 e. The molecule has 3 heterocycles. The summed E-state index contributed by atoms with van der Waals surface area (Å²) in [5, 5.41) is 18.6. The lowest BCUT2D eigenvalue weighted by molar-refractivity contribution is 0.620. The molecule has 0 radical (unpaired) electrons. The van der Waals surface area contributed by atoms with Crippen LogP contribution >= 0.6 is 0 Å². The number of benzene rings is 8. The summed E-state index contributed by atoms with van der Waals surface area (Å²) in [5.41, 5.74) is 13.5. The van der Waals surface area contributed by atoms with E-state index >= 15 is 0 Å². The molecule has 59 heavy (non-hydrogen) atoms. The van der Waals surface area contributed by atoms with E-state index in [9.17, 15) is 0 Å². The molecule has 0 spiro atoms. The molecule has 280 valence electrons. The quantitative estimate of drug-likeness (QED) is 0.143. The number of hydrogen-bond acceptors (Lipinski definition) is 8. The van der Waals surface area contributed by atoms with Crippen LogP contribution in [0.3, 0.4) is 0 Å². The number of aromatic nitrogens is 7. The van der Waals surface area contributed by atoms with Crippen molar-refractivity contribution in [3.05, 3.63) is 200 Å². The zero-order valence-corrected chi connectivity index (χ0v) is 31.5. The van der Waals surface area contributed by atoms with Crippen LogP contribution in [0.15, 0.2) is 205 Å². The summed E-state index contributed by atoms with van der Waals surface area (Å²) in [5.74, 6) is 0.549. The summed E-state index contributed by atoms with van der Waals surface area (Å²) in [6.45, 7) is 0. The SMILES string of the molecule is c1ccc(N(c2ccc(-c3nc4ccc(N(c5ccccc5)c5ccc(-n6nc7ccccc7n6)cc5)cc4o3)cc2)c2ccc(-n3nc4ccccc4n3)cc2)cc1. The Bertz CT molecular complexity index is 3150. The average molecular weight is 764 g/mol. The predicted molar refractivity (Wildman–Crippen MR) is 234 cm³/mol. The molecule has 0 N–H and O–H groups in total. The van der Waals surface area contributed by atoms with Crippen LogP contribution in [0.1, 0.15) is 0 Å². The van der Waals surface area contributed by atoms with Gasteiger partial charge in [0.25, 0.3) is 0 Å². The Hall–Kier alpha value is -8.37. The Labute approximate surface area is 338 Å². The van der Waals surface area contributed by atoms with Gasteiger partial charge in [0.1, 0.15) is 27.6 Å². The van der Waals surface area contributed by atoms with Crippen LogP contribution in [-0.4, -0.2) is 35.0 Å². The van der Waals surface area contributed by atoms with Crippen LogP contribution in [0.25, 0.3) is 56.0 Å². The molecule has 11 aromatic rings. The minimum atomic E-state index is 0.549. The molecule has 8 aromatic carbocycles. The summed E-state index contributed by atoms with van der Waals surface area (Å²) in [6, 6.07) is 67.3. The molecule has 0 saturated heterocycles. The van der Waals surface area contributed by atoms with Gasteiger partial charge in [-0.05, 0) is 133 Å². The van der Waals surface area contributed by atoms with E-state index in [0.717, 1.165) is 78.6 Å². The molecule has 0 saturated carbocycles. The lowest BCUT2D eigenvalue weighted by Gasteiger charge is -2.25. The van der Waals surface area contributed by atoms with Gasteiger partial charge in [0.2, 0.25) is 5.89 Å². The molecular formula is C49H33N9O. The van der Waals surface area contributed by atoms with E-state index in [1.54, 1.807) is 9.59 Å². The molecule has 0 fully saturated rings. The average Bonchev–Trinajstić information content (AvgIpc) is 4.05. The van der Waals surface area contributed by atoms with E-state index in [1.807, 2.05) is 121 Å². The molecule has 10 heteroatoms. The highest BCUT2D eigenvalue weighted by atomic mass is 16.3. The van der Waals surface area contributed by atoms with Crippen LogP contribution in [0.5, 0.6) is 0 Å². The summed E-state index contributed by atoms with van der Waals surface area (Å²) < 4.78 is 6.48. The van der Waals surface area contributed by atoms with Crippen molar-refractivity contribution in [1.82, 2.24) is 35.0 Å². The Kier molecular flexibility index (Phi) is 8.22. The number of para-hydroxylation sites is 2. The molecule has 11 rings (SSSR count). The maximum absolute atomic E-state index is 6.48. The Morgan fingerprint density at radius 1 is 0.339 bits per heavy atom. The summed E-state index contributed by atoms with van der Waals surface area (Å²) in [6.07, 6.45) is 0. The highest BCUT2D eigenvalue weighted by Gasteiger charge is 2.18. The van der Waals surface area contributed by atoms with Gasteiger partial charge in [-0.3, -0.25) is 0 Å². The van der Waals surface area contributed by atoms with E-state index in [0.29, 0.717) is 11.5 Å². The molecule has 0 atom stereocenters. The topological polar surface area (TPSA) is 93.9 Å². The fourth-order valence-electron chi connectivity index (χ4n) is 7.40. The second-order valence-corrected chi connectivity index (χ2v) is 14.0. The first kappa shape index (κ1) is 33.9. The van der Waals surface area contributed by atoms with Crippen LogP contribution in [0, 0.1) is 0 Å². The maximum atomic E-state index is 6.48. The van der Waals surface area contributed by atoms with Crippen molar-refractivity contribution in [2.45, 2.75) is 0 Å². The van der Waals surface area contributed by atoms with Crippen molar-refractivity contribution in [2.24, 2.45) is 0 Å². The van der Waals surface area contributed by atoms with Crippen molar-refractivity contribution in [1.29, 1.82) is 0 Å². The van der Waals surface area contributed by atoms with Crippen LogP contribution in [0.4, 0.5) is 34.1 Å². The molecule has 0 unspecified atom stereocenters. The Morgan fingerprint density at radius 2 is 0.712 bits per heavy atom. The molecule has 0 aliphatic carbocycles.